The summed E-state index contributed by atoms with van der Waals surface area (Å²) >= 11 is 0. The largest absolute Gasteiger partial charge is 0.340 e. The maximum Gasteiger partial charge on any atom is 0.270 e. The molecule has 2 aliphatic rings. The van der Waals surface area contributed by atoms with Crippen molar-refractivity contribution in [3.05, 3.63) is 46.5 Å². The van der Waals surface area contributed by atoms with Crippen LogP contribution in [0.5, 0.6) is 0 Å². The van der Waals surface area contributed by atoms with E-state index in [0.29, 0.717) is 19.5 Å². The van der Waals surface area contributed by atoms with Gasteiger partial charge in [0.05, 0.1) is 9.82 Å². The van der Waals surface area contributed by atoms with E-state index in [1.807, 2.05) is 0 Å². The number of nitrogens with zero attached hydrogens (tertiary/aromatic N) is 3. The predicted molar refractivity (Wildman–Crippen MR) is 94.9 cm³/mol. The van der Waals surface area contributed by atoms with Crippen LogP contribution in [0.25, 0.3) is 0 Å². The van der Waals surface area contributed by atoms with Gasteiger partial charge in [0, 0.05) is 44.7 Å². The number of sulfonamides is 1. The van der Waals surface area contributed by atoms with Gasteiger partial charge in [0.15, 0.2) is 0 Å². The van der Waals surface area contributed by atoms with Gasteiger partial charge < -0.3 is 4.90 Å². The van der Waals surface area contributed by atoms with Crippen molar-refractivity contribution in [2.45, 2.75) is 24.2 Å². The Labute approximate surface area is 152 Å². The number of hydrogen-bond acceptors (Lipinski definition) is 5. The minimum atomic E-state index is -3.81. The second kappa shape index (κ2) is 7.55. The number of carbonyl (C=O) groups excluding carboxylic acids is 1. The van der Waals surface area contributed by atoms with Crippen LogP contribution < -0.4 is 0 Å². The summed E-state index contributed by atoms with van der Waals surface area (Å²) in [4.78, 5) is 24.2. The molecule has 0 N–H and O–H groups in total. The number of hydrogen-bond donors (Lipinski definition) is 0. The Bertz CT molecular complexity index is 829. The Hall–Kier alpha value is -2.26. The van der Waals surface area contributed by atoms with E-state index in [2.05, 4.69) is 12.2 Å². The van der Waals surface area contributed by atoms with E-state index in [9.17, 15) is 23.3 Å². The number of amides is 1. The summed E-state index contributed by atoms with van der Waals surface area (Å²) in [6.07, 6.45) is 6.62. The molecule has 0 aromatic heterocycles. The molecular weight excluding hydrogens is 358 g/mol. The maximum absolute atomic E-state index is 12.7. The molecule has 1 aliphatic carbocycles. The lowest BCUT2D eigenvalue weighted by Crippen LogP contribution is -2.50. The molecule has 1 unspecified atom stereocenters. The van der Waals surface area contributed by atoms with Crippen LogP contribution in [0, 0.1) is 16.0 Å². The van der Waals surface area contributed by atoms with Crippen LogP contribution in [0.15, 0.2) is 41.3 Å². The first-order valence-electron chi connectivity index (χ1n) is 8.57. The number of allylic oxidation sites excluding steroid dienone is 2. The van der Waals surface area contributed by atoms with Crippen LogP contribution in [-0.2, 0) is 14.8 Å². The molecule has 1 atom stereocenters. The van der Waals surface area contributed by atoms with Gasteiger partial charge >= 0.3 is 0 Å². The summed E-state index contributed by atoms with van der Waals surface area (Å²) < 4.78 is 26.7. The lowest BCUT2D eigenvalue weighted by atomic mass is 10.0. The first-order valence-corrected chi connectivity index (χ1v) is 10.0. The lowest BCUT2D eigenvalue weighted by molar-refractivity contribution is -0.385. The highest BCUT2D eigenvalue weighted by Gasteiger charge is 2.31. The van der Waals surface area contributed by atoms with Gasteiger partial charge in [0.25, 0.3) is 5.69 Å². The molecule has 0 spiro atoms. The second-order valence-electron chi connectivity index (χ2n) is 6.51. The van der Waals surface area contributed by atoms with Gasteiger partial charge in [-0.2, -0.15) is 4.31 Å². The lowest BCUT2D eigenvalue weighted by Gasteiger charge is -2.34. The van der Waals surface area contributed by atoms with E-state index in [1.54, 1.807) is 4.90 Å². The van der Waals surface area contributed by atoms with Gasteiger partial charge in [0.2, 0.25) is 15.9 Å². The van der Waals surface area contributed by atoms with Crippen LogP contribution in [0.4, 0.5) is 5.69 Å². The van der Waals surface area contributed by atoms with Crippen molar-refractivity contribution >= 4 is 21.6 Å². The zero-order chi connectivity index (χ0) is 18.7. The predicted octanol–water partition coefficient (Wildman–Crippen LogP) is 1.78. The summed E-state index contributed by atoms with van der Waals surface area (Å²) in [5, 5.41) is 10.9. The summed E-state index contributed by atoms with van der Waals surface area (Å²) in [6.45, 7) is 1.06. The Kier molecular flexibility index (Phi) is 5.38. The minimum absolute atomic E-state index is 0.0500. The van der Waals surface area contributed by atoms with E-state index < -0.39 is 14.9 Å². The first-order chi connectivity index (χ1) is 12.4. The van der Waals surface area contributed by atoms with Crippen LogP contribution in [0.1, 0.15) is 19.3 Å². The second-order valence-corrected chi connectivity index (χ2v) is 8.45. The molecule has 1 aromatic rings. The molecule has 26 heavy (non-hydrogen) atoms. The number of nitro benzene ring substituents is 1. The fourth-order valence-corrected chi connectivity index (χ4v) is 4.77. The summed E-state index contributed by atoms with van der Waals surface area (Å²) in [7, 11) is -3.81. The monoisotopic (exact) mass is 379 g/mol. The summed E-state index contributed by atoms with van der Waals surface area (Å²) in [5.41, 5.74) is -0.260. The topological polar surface area (TPSA) is 101 Å². The van der Waals surface area contributed by atoms with Gasteiger partial charge in [0.1, 0.15) is 0 Å². The molecule has 1 fully saturated rings. The molecule has 8 nitrogen and oxygen atoms in total. The van der Waals surface area contributed by atoms with Crippen molar-refractivity contribution in [3.63, 3.8) is 0 Å². The molecular formula is C17H21N3O5S. The van der Waals surface area contributed by atoms with Crippen molar-refractivity contribution in [1.29, 1.82) is 0 Å². The fraction of sp³-hybridized carbons (Fsp3) is 0.471. The highest BCUT2D eigenvalue weighted by atomic mass is 32.2. The minimum Gasteiger partial charge on any atom is -0.340 e. The Morgan fingerprint density at radius 2 is 1.96 bits per heavy atom. The number of piperazine rings is 1. The van der Waals surface area contributed by atoms with Crippen LogP contribution in [0.2, 0.25) is 0 Å². The molecule has 1 aromatic carbocycles. The maximum atomic E-state index is 12.7. The van der Waals surface area contributed by atoms with Crippen molar-refractivity contribution in [1.82, 2.24) is 9.21 Å². The van der Waals surface area contributed by atoms with Gasteiger partial charge in [-0.3, -0.25) is 14.9 Å². The zero-order valence-electron chi connectivity index (χ0n) is 14.3. The highest BCUT2D eigenvalue weighted by molar-refractivity contribution is 7.89. The third-order valence-corrected chi connectivity index (χ3v) is 6.70. The van der Waals surface area contributed by atoms with Gasteiger partial charge in [-0.1, -0.05) is 18.2 Å². The van der Waals surface area contributed by atoms with Gasteiger partial charge in [-0.05, 0) is 24.8 Å². The van der Waals surface area contributed by atoms with Crippen molar-refractivity contribution < 1.29 is 18.1 Å². The first kappa shape index (κ1) is 18.5. The van der Waals surface area contributed by atoms with Crippen molar-refractivity contribution in [2.75, 3.05) is 26.2 Å². The van der Waals surface area contributed by atoms with E-state index in [-0.39, 0.29) is 35.5 Å². The van der Waals surface area contributed by atoms with Gasteiger partial charge in [-0.25, -0.2) is 8.42 Å². The molecule has 1 amide bonds. The standard InChI is InChI=1S/C17H21N3O5S/c21-17(12-14-4-1-2-5-14)18-8-10-19(11-9-18)26(24,25)16-7-3-6-15(13-16)20(22)23/h1,3-4,6-7,13-14H,2,5,8-12H2. The molecule has 9 heteroatoms. The van der Waals surface area contributed by atoms with E-state index in [4.69, 9.17) is 0 Å². The number of carbonyl (C=O) groups is 1. The van der Waals surface area contributed by atoms with Crippen LogP contribution >= 0.6 is 0 Å². The SMILES string of the molecule is O=C(CC1C=CCC1)N1CCN(S(=O)(=O)c2cccc([N+](=O)[O-])c2)CC1. The third-order valence-electron chi connectivity index (χ3n) is 4.81. The quantitative estimate of drug-likeness (QED) is 0.441. The van der Waals surface area contributed by atoms with Crippen molar-refractivity contribution in [2.24, 2.45) is 5.92 Å². The van der Waals surface area contributed by atoms with E-state index >= 15 is 0 Å². The van der Waals surface area contributed by atoms with Crippen molar-refractivity contribution in [3.8, 4) is 0 Å². The third kappa shape index (κ3) is 3.94. The number of rotatable bonds is 5. The average Bonchev–Trinajstić information content (AvgIpc) is 3.15. The molecule has 3 rings (SSSR count). The molecule has 140 valence electrons. The van der Waals surface area contributed by atoms with Crippen LogP contribution in [-0.4, -0.2) is 54.6 Å². The molecule has 1 heterocycles. The number of non-ortho nitro benzene ring substituents is 1. The van der Waals surface area contributed by atoms with E-state index in [0.717, 1.165) is 18.9 Å². The summed E-state index contributed by atoms with van der Waals surface area (Å²) in [5.74, 6) is 0.336. The fourth-order valence-electron chi connectivity index (χ4n) is 3.30. The normalized spacial score (nSPS) is 21.1. The Balaban J connectivity index is 1.63. The Morgan fingerprint density at radius 1 is 1.23 bits per heavy atom. The Morgan fingerprint density at radius 3 is 2.58 bits per heavy atom. The zero-order valence-corrected chi connectivity index (χ0v) is 15.1. The molecule has 0 bridgehead atoms. The number of benzene rings is 1. The molecule has 0 radical (unpaired) electrons. The molecule has 1 saturated heterocycles. The van der Waals surface area contributed by atoms with E-state index in [1.165, 1.54) is 22.5 Å². The summed E-state index contributed by atoms with van der Waals surface area (Å²) in [6, 6.07) is 5.04. The molecule has 0 saturated carbocycles. The number of nitro groups is 1. The smallest absolute Gasteiger partial charge is 0.270 e. The molecule has 1 aliphatic heterocycles. The van der Waals surface area contributed by atoms with Gasteiger partial charge in [-0.15, -0.1) is 0 Å². The van der Waals surface area contributed by atoms with Crippen LogP contribution in [0.3, 0.4) is 0 Å². The highest BCUT2D eigenvalue weighted by Crippen LogP contribution is 2.24. The average molecular weight is 379 g/mol.